The number of ether oxygens (including phenoxy) is 1. The molecule has 2 aromatic carbocycles. The van der Waals surface area contributed by atoms with Crippen molar-refractivity contribution in [2.75, 3.05) is 11.9 Å². The number of nitrogens with one attached hydrogen (secondary N) is 1. The molecule has 1 N–H and O–H groups in total. The normalized spacial score (nSPS) is 10.8. The minimum atomic E-state index is -0.615. The lowest BCUT2D eigenvalue weighted by Crippen LogP contribution is -2.21. The van der Waals surface area contributed by atoms with E-state index in [4.69, 9.17) is 4.74 Å². The Morgan fingerprint density at radius 2 is 1.60 bits per heavy atom. The summed E-state index contributed by atoms with van der Waals surface area (Å²) in [7, 11) is 0. The van der Waals surface area contributed by atoms with Gasteiger partial charge in [0.05, 0.1) is 5.56 Å². The number of hydrogen-bond acceptors (Lipinski definition) is 4. The van der Waals surface area contributed by atoms with Gasteiger partial charge in [-0.1, -0.05) is 45.0 Å². The Bertz CT molecular complexity index is 756. The summed E-state index contributed by atoms with van der Waals surface area (Å²) in [6, 6.07) is 13.5. The van der Waals surface area contributed by atoms with Gasteiger partial charge in [-0.3, -0.25) is 9.59 Å². The van der Waals surface area contributed by atoms with Gasteiger partial charge in [0.15, 0.2) is 6.61 Å². The molecule has 130 valence electrons. The van der Waals surface area contributed by atoms with E-state index in [0.717, 1.165) is 5.56 Å². The number of rotatable bonds is 5. The number of benzene rings is 2. The summed E-state index contributed by atoms with van der Waals surface area (Å²) in [6.45, 7) is 5.96. The summed E-state index contributed by atoms with van der Waals surface area (Å²) >= 11 is 0. The molecular formula is C20H21NO4. The first-order valence-corrected chi connectivity index (χ1v) is 7.92. The second-order valence-electron chi connectivity index (χ2n) is 6.69. The van der Waals surface area contributed by atoms with Crippen LogP contribution in [-0.2, 0) is 14.9 Å². The third-order valence-electron chi connectivity index (χ3n) is 3.65. The first-order valence-electron chi connectivity index (χ1n) is 7.92. The molecule has 0 atom stereocenters. The Hall–Kier alpha value is -2.95. The van der Waals surface area contributed by atoms with Gasteiger partial charge in [0.2, 0.25) is 0 Å². The maximum atomic E-state index is 11.9. The first-order chi connectivity index (χ1) is 11.8. The Labute approximate surface area is 147 Å². The van der Waals surface area contributed by atoms with Crippen LogP contribution in [0.1, 0.15) is 47.1 Å². The molecule has 0 aliphatic carbocycles. The lowest BCUT2D eigenvalue weighted by Gasteiger charge is -2.19. The van der Waals surface area contributed by atoms with Crippen molar-refractivity contribution in [1.29, 1.82) is 0 Å². The fourth-order valence-electron chi connectivity index (χ4n) is 2.16. The lowest BCUT2D eigenvalue weighted by molar-refractivity contribution is -0.119. The highest BCUT2D eigenvalue weighted by Crippen LogP contribution is 2.23. The fraction of sp³-hybridized carbons (Fsp3) is 0.250. The van der Waals surface area contributed by atoms with Crippen LogP contribution in [0, 0.1) is 0 Å². The molecule has 0 aliphatic rings. The average Bonchev–Trinajstić information content (AvgIpc) is 2.59. The SMILES string of the molecule is CC(C)(C)c1ccc(NC(=O)COC(=O)c2ccc(C=O)cc2)cc1. The van der Waals surface area contributed by atoms with Gasteiger partial charge in [-0.05, 0) is 35.2 Å². The van der Waals surface area contributed by atoms with Crippen molar-refractivity contribution in [2.24, 2.45) is 0 Å². The molecule has 0 unspecified atom stereocenters. The molecule has 0 fully saturated rings. The van der Waals surface area contributed by atoms with Crippen LogP contribution >= 0.6 is 0 Å². The van der Waals surface area contributed by atoms with Gasteiger partial charge in [-0.15, -0.1) is 0 Å². The van der Waals surface area contributed by atoms with Gasteiger partial charge >= 0.3 is 5.97 Å². The van der Waals surface area contributed by atoms with Crippen LogP contribution in [0.4, 0.5) is 5.69 Å². The summed E-state index contributed by atoms with van der Waals surface area (Å²) < 4.78 is 4.97. The molecule has 0 saturated heterocycles. The molecule has 0 spiro atoms. The molecule has 0 saturated carbocycles. The zero-order valence-corrected chi connectivity index (χ0v) is 14.5. The minimum Gasteiger partial charge on any atom is -0.452 e. The molecule has 0 aromatic heterocycles. The Kier molecular flexibility index (Phi) is 5.70. The molecule has 0 radical (unpaired) electrons. The minimum absolute atomic E-state index is 0.0392. The number of carbonyl (C=O) groups is 3. The van der Waals surface area contributed by atoms with Crippen molar-refractivity contribution < 1.29 is 19.1 Å². The summed E-state index contributed by atoms with van der Waals surface area (Å²) in [5.74, 6) is -1.03. The van der Waals surface area contributed by atoms with Gasteiger partial charge in [0, 0.05) is 11.3 Å². The van der Waals surface area contributed by atoms with Crippen molar-refractivity contribution >= 4 is 23.9 Å². The predicted molar refractivity (Wildman–Crippen MR) is 95.9 cm³/mol. The molecule has 1 amide bonds. The average molecular weight is 339 g/mol. The number of esters is 1. The van der Waals surface area contributed by atoms with Crippen LogP contribution < -0.4 is 5.32 Å². The predicted octanol–water partition coefficient (Wildman–Crippen LogP) is 3.59. The van der Waals surface area contributed by atoms with E-state index < -0.39 is 11.9 Å². The molecule has 0 bridgehead atoms. The zero-order chi connectivity index (χ0) is 18.4. The van der Waals surface area contributed by atoms with E-state index in [2.05, 4.69) is 26.1 Å². The summed E-state index contributed by atoms with van der Waals surface area (Å²) in [4.78, 5) is 34.3. The maximum Gasteiger partial charge on any atom is 0.338 e. The van der Waals surface area contributed by atoms with Crippen molar-refractivity contribution in [3.8, 4) is 0 Å². The second kappa shape index (κ2) is 7.75. The molecule has 5 heteroatoms. The Morgan fingerprint density at radius 1 is 1.00 bits per heavy atom. The van der Waals surface area contributed by atoms with Gasteiger partial charge < -0.3 is 10.1 Å². The van der Waals surface area contributed by atoms with Crippen LogP contribution in [0.5, 0.6) is 0 Å². The third kappa shape index (κ3) is 5.28. The van der Waals surface area contributed by atoms with Crippen molar-refractivity contribution in [3.05, 3.63) is 65.2 Å². The highest BCUT2D eigenvalue weighted by Gasteiger charge is 2.14. The van der Waals surface area contributed by atoms with Gasteiger partial charge in [-0.2, -0.15) is 0 Å². The standard InChI is InChI=1S/C20H21NO4/c1-20(2,3)16-8-10-17(11-9-16)21-18(23)13-25-19(24)15-6-4-14(12-22)5-7-15/h4-12H,13H2,1-3H3,(H,21,23). The smallest absolute Gasteiger partial charge is 0.338 e. The van der Waals surface area contributed by atoms with Crippen molar-refractivity contribution in [3.63, 3.8) is 0 Å². The third-order valence-corrected chi connectivity index (χ3v) is 3.65. The van der Waals surface area contributed by atoms with Crippen molar-refractivity contribution in [2.45, 2.75) is 26.2 Å². The highest BCUT2D eigenvalue weighted by atomic mass is 16.5. The Balaban J connectivity index is 1.87. The van der Waals surface area contributed by atoms with Crippen LogP contribution in [0.15, 0.2) is 48.5 Å². The van der Waals surface area contributed by atoms with Crippen LogP contribution in [0.2, 0.25) is 0 Å². The lowest BCUT2D eigenvalue weighted by atomic mass is 9.87. The van der Waals surface area contributed by atoms with Crippen LogP contribution in [-0.4, -0.2) is 24.8 Å². The van der Waals surface area contributed by atoms with Crippen LogP contribution in [0.25, 0.3) is 0 Å². The second-order valence-corrected chi connectivity index (χ2v) is 6.69. The van der Waals surface area contributed by atoms with E-state index in [9.17, 15) is 14.4 Å². The molecule has 0 aliphatic heterocycles. The van der Waals surface area contributed by atoms with E-state index in [1.807, 2.05) is 24.3 Å². The van der Waals surface area contributed by atoms with E-state index in [1.54, 1.807) is 0 Å². The van der Waals surface area contributed by atoms with E-state index in [1.165, 1.54) is 24.3 Å². The summed E-state index contributed by atoms with van der Waals surface area (Å²) in [6.07, 6.45) is 0.688. The van der Waals surface area contributed by atoms with E-state index in [-0.39, 0.29) is 17.6 Å². The number of amides is 1. The topological polar surface area (TPSA) is 72.5 Å². The summed E-state index contributed by atoms with van der Waals surface area (Å²) in [5.41, 5.74) is 2.60. The summed E-state index contributed by atoms with van der Waals surface area (Å²) in [5, 5.41) is 2.68. The molecule has 5 nitrogen and oxygen atoms in total. The highest BCUT2D eigenvalue weighted by molar-refractivity contribution is 5.95. The molecule has 2 rings (SSSR count). The van der Waals surface area contributed by atoms with Crippen molar-refractivity contribution in [1.82, 2.24) is 0 Å². The van der Waals surface area contributed by atoms with E-state index >= 15 is 0 Å². The molecule has 2 aromatic rings. The number of hydrogen-bond donors (Lipinski definition) is 1. The monoisotopic (exact) mass is 339 g/mol. The number of carbonyl (C=O) groups excluding carboxylic acids is 3. The molecular weight excluding hydrogens is 318 g/mol. The van der Waals surface area contributed by atoms with Gasteiger partial charge in [0.1, 0.15) is 6.29 Å². The first kappa shape index (κ1) is 18.4. The zero-order valence-electron chi connectivity index (χ0n) is 14.5. The van der Waals surface area contributed by atoms with Gasteiger partial charge in [0.25, 0.3) is 5.91 Å². The quantitative estimate of drug-likeness (QED) is 0.667. The van der Waals surface area contributed by atoms with E-state index in [0.29, 0.717) is 17.5 Å². The maximum absolute atomic E-state index is 11.9. The molecule has 0 heterocycles. The van der Waals surface area contributed by atoms with Gasteiger partial charge in [-0.25, -0.2) is 4.79 Å². The Morgan fingerprint density at radius 3 is 2.12 bits per heavy atom. The molecule has 25 heavy (non-hydrogen) atoms. The number of aldehydes is 1. The van der Waals surface area contributed by atoms with Crippen LogP contribution in [0.3, 0.4) is 0 Å². The fourth-order valence-corrected chi connectivity index (χ4v) is 2.16. The largest absolute Gasteiger partial charge is 0.452 e. The number of anilines is 1.